The normalized spacial score (nSPS) is 22.2. The molecule has 6 rings (SSSR count). The van der Waals surface area contributed by atoms with E-state index in [1.165, 1.54) is 16.7 Å². The van der Waals surface area contributed by atoms with Crippen molar-refractivity contribution in [1.82, 2.24) is 25.2 Å². The van der Waals surface area contributed by atoms with Gasteiger partial charge in [-0.15, -0.1) is 0 Å². The summed E-state index contributed by atoms with van der Waals surface area (Å²) in [4.78, 5) is 30.4. The molecule has 2 saturated heterocycles. The Bertz CT molecular complexity index is 1390. The molecule has 0 bridgehead atoms. The van der Waals surface area contributed by atoms with Gasteiger partial charge in [0.05, 0.1) is 0 Å². The molecule has 0 unspecified atom stereocenters. The van der Waals surface area contributed by atoms with E-state index < -0.39 is 0 Å². The molecule has 206 valence electrons. The average Bonchev–Trinajstić information content (AvgIpc) is 3.59. The van der Waals surface area contributed by atoms with Gasteiger partial charge in [-0.1, -0.05) is 33.8 Å². The summed E-state index contributed by atoms with van der Waals surface area (Å²) < 4.78 is 6.23. The van der Waals surface area contributed by atoms with Gasteiger partial charge in [0.25, 0.3) is 11.8 Å². The predicted octanol–water partition coefficient (Wildman–Crippen LogP) is 4.69. The molecule has 2 amide bonds. The van der Waals surface area contributed by atoms with Gasteiger partial charge in [-0.25, -0.2) is 0 Å². The van der Waals surface area contributed by atoms with E-state index in [1.54, 1.807) is 0 Å². The summed E-state index contributed by atoms with van der Waals surface area (Å²) in [6.45, 7) is 11.9. The van der Waals surface area contributed by atoms with Crippen LogP contribution in [-0.4, -0.2) is 69.8 Å². The third-order valence-electron chi connectivity index (χ3n) is 9.28. The first kappa shape index (κ1) is 25.8. The van der Waals surface area contributed by atoms with E-state index in [9.17, 15) is 9.59 Å². The molecular weight excluding hydrogens is 490 g/mol. The number of fused-ring (bicyclic) bond motifs is 3. The Kier molecular flexibility index (Phi) is 6.60. The molecule has 3 aliphatic rings. The van der Waals surface area contributed by atoms with Crippen molar-refractivity contribution < 1.29 is 14.3 Å². The molecule has 0 radical (unpaired) electrons. The molecule has 1 aromatic heterocycles. The van der Waals surface area contributed by atoms with E-state index in [-0.39, 0.29) is 23.8 Å². The number of nitrogens with one attached hydrogen (secondary N) is 1. The lowest BCUT2D eigenvalue weighted by Crippen LogP contribution is -2.37. The van der Waals surface area contributed by atoms with Gasteiger partial charge in [0.15, 0.2) is 6.61 Å². The molecule has 2 aromatic carbocycles. The van der Waals surface area contributed by atoms with Crippen LogP contribution in [0.25, 0.3) is 11.0 Å². The number of ether oxygens (including phenoxy) is 1. The maximum absolute atomic E-state index is 13.3. The number of likely N-dealkylation sites (tertiary alicyclic amines) is 2. The van der Waals surface area contributed by atoms with Crippen LogP contribution in [0.5, 0.6) is 5.75 Å². The molecule has 0 saturated carbocycles. The Balaban J connectivity index is 1.06. The fraction of sp³-hybridized carbons (Fsp3) is 0.548. The molecule has 2 fully saturated rings. The SMILES string of the molecule is CC(C)c1cc2c(cc1OCC(=O)N1CC[C@@H]3CN(C(=O)c4ccc5n[nH]nc5c4)C[C@@H]3CC1)C(C)(C)CC2. The average molecular weight is 530 g/mol. The van der Waals surface area contributed by atoms with Gasteiger partial charge in [0.1, 0.15) is 16.8 Å². The predicted molar refractivity (Wildman–Crippen MR) is 150 cm³/mol. The van der Waals surface area contributed by atoms with E-state index in [2.05, 4.69) is 55.2 Å². The monoisotopic (exact) mass is 529 g/mol. The van der Waals surface area contributed by atoms with Crippen LogP contribution < -0.4 is 4.74 Å². The Hall–Kier alpha value is -3.42. The second-order valence-electron chi connectivity index (χ2n) is 12.6. The number of aromatic amines is 1. The molecule has 39 heavy (non-hydrogen) atoms. The van der Waals surface area contributed by atoms with E-state index >= 15 is 0 Å². The molecule has 8 heteroatoms. The summed E-state index contributed by atoms with van der Waals surface area (Å²) in [6.07, 6.45) is 4.08. The van der Waals surface area contributed by atoms with Gasteiger partial charge < -0.3 is 14.5 Å². The standard InChI is InChI=1S/C31H39N5O3/c1-19(2)24-13-20-7-10-31(3,4)25(20)15-28(24)39-18-29(37)35-11-8-22-16-36(17-23(22)9-12-35)30(38)21-5-6-26-27(14-21)33-34-32-26/h5-6,13-15,19,22-23H,7-12,16-18H2,1-4H3,(H,32,33,34)/t22-,23+. The lowest BCUT2D eigenvalue weighted by atomic mass is 9.85. The third-order valence-corrected chi connectivity index (χ3v) is 9.28. The first-order chi connectivity index (χ1) is 18.7. The molecule has 2 atom stereocenters. The minimum absolute atomic E-state index is 0.0489. The second-order valence-corrected chi connectivity index (χ2v) is 12.6. The van der Waals surface area contributed by atoms with E-state index in [1.807, 2.05) is 28.0 Å². The summed E-state index contributed by atoms with van der Waals surface area (Å²) in [5.74, 6) is 2.12. The van der Waals surface area contributed by atoms with Crippen molar-refractivity contribution in [3.63, 3.8) is 0 Å². The second kappa shape index (κ2) is 9.96. The molecule has 0 spiro atoms. The Morgan fingerprint density at radius 2 is 1.74 bits per heavy atom. The first-order valence-corrected chi connectivity index (χ1v) is 14.4. The molecule has 2 aliphatic heterocycles. The number of carbonyl (C=O) groups excluding carboxylic acids is 2. The summed E-state index contributed by atoms with van der Waals surface area (Å²) in [5, 5.41) is 10.8. The van der Waals surface area contributed by atoms with Crippen LogP contribution in [0, 0.1) is 11.8 Å². The summed E-state index contributed by atoms with van der Waals surface area (Å²) >= 11 is 0. The molecule has 8 nitrogen and oxygen atoms in total. The van der Waals surface area contributed by atoms with Crippen LogP contribution in [0.4, 0.5) is 0 Å². The number of aromatic nitrogens is 3. The minimum atomic E-state index is 0.0489. The summed E-state index contributed by atoms with van der Waals surface area (Å²) in [6, 6.07) is 9.97. The van der Waals surface area contributed by atoms with Crippen LogP contribution in [0.15, 0.2) is 30.3 Å². The van der Waals surface area contributed by atoms with Crippen molar-refractivity contribution in [1.29, 1.82) is 0 Å². The van der Waals surface area contributed by atoms with E-state index in [0.29, 0.717) is 41.9 Å². The molecular formula is C31H39N5O3. The number of aryl methyl sites for hydroxylation is 1. The highest BCUT2D eigenvalue weighted by molar-refractivity contribution is 5.97. The van der Waals surface area contributed by atoms with Crippen molar-refractivity contribution in [2.45, 2.75) is 64.7 Å². The summed E-state index contributed by atoms with van der Waals surface area (Å²) in [7, 11) is 0. The number of hydrogen-bond acceptors (Lipinski definition) is 5. The van der Waals surface area contributed by atoms with Crippen LogP contribution in [-0.2, 0) is 16.6 Å². The highest BCUT2D eigenvalue weighted by Gasteiger charge is 2.38. The minimum Gasteiger partial charge on any atom is -0.483 e. The number of rotatable bonds is 5. The van der Waals surface area contributed by atoms with Crippen LogP contribution in [0.3, 0.4) is 0 Å². The smallest absolute Gasteiger partial charge is 0.260 e. The Morgan fingerprint density at radius 3 is 2.46 bits per heavy atom. The lowest BCUT2D eigenvalue weighted by molar-refractivity contribution is -0.133. The van der Waals surface area contributed by atoms with Crippen molar-refractivity contribution in [3.05, 3.63) is 52.6 Å². The zero-order chi connectivity index (χ0) is 27.3. The molecule has 1 N–H and O–H groups in total. The van der Waals surface area contributed by atoms with Gasteiger partial charge in [-0.2, -0.15) is 15.4 Å². The number of carbonyl (C=O) groups is 2. The number of benzene rings is 2. The molecule has 1 aliphatic carbocycles. The fourth-order valence-corrected chi connectivity index (χ4v) is 6.79. The topological polar surface area (TPSA) is 91.4 Å². The maximum atomic E-state index is 13.3. The number of hydrogen-bond donors (Lipinski definition) is 1. The zero-order valence-electron chi connectivity index (χ0n) is 23.5. The van der Waals surface area contributed by atoms with Crippen LogP contribution >= 0.6 is 0 Å². The zero-order valence-corrected chi connectivity index (χ0v) is 23.5. The molecule has 3 aromatic rings. The van der Waals surface area contributed by atoms with Gasteiger partial charge in [-0.3, -0.25) is 9.59 Å². The van der Waals surface area contributed by atoms with Gasteiger partial charge in [0, 0.05) is 31.7 Å². The molecule has 3 heterocycles. The first-order valence-electron chi connectivity index (χ1n) is 14.4. The number of H-pyrrole nitrogens is 1. The Labute approximate surface area is 230 Å². The highest BCUT2D eigenvalue weighted by atomic mass is 16.5. The largest absolute Gasteiger partial charge is 0.483 e. The van der Waals surface area contributed by atoms with Crippen molar-refractivity contribution in [3.8, 4) is 5.75 Å². The Morgan fingerprint density at radius 1 is 1.03 bits per heavy atom. The van der Waals surface area contributed by atoms with Crippen molar-refractivity contribution in [2.24, 2.45) is 11.8 Å². The van der Waals surface area contributed by atoms with E-state index in [0.717, 1.165) is 50.0 Å². The van der Waals surface area contributed by atoms with E-state index in [4.69, 9.17) is 4.74 Å². The van der Waals surface area contributed by atoms with Crippen LogP contribution in [0.2, 0.25) is 0 Å². The van der Waals surface area contributed by atoms with Gasteiger partial charge in [-0.05, 0) is 89.8 Å². The lowest BCUT2D eigenvalue weighted by Gasteiger charge is -2.24. The van der Waals surface area contributed by atoms with Crippen molar-refractivity contribution >= 4 is 22.8 Å². The highest BCUT2D eigenvalue weighted by Crippen LogP contribution is 2.43. The summed E-state index contributed by atoms with van der Waals surface area (Å²) in [5.41, 5.74) is 6.23. The fourth-order valence-electron chi connectivity index (χ4n) is 6.79. The quantitative estimate of drug-likeness (QED) is 0.518. The number of nitrogens with zero attached hydrogens (tertiary/aromatic N) is 4. The van der Waals surface area contributed by atoms with Crippen LogP contribution in [0.1, 0.15) is 79.9 Å². The van der Waals surface area contributed by atoms with Gasteiger partial charge in [0.2, 0.25) is 0 Å². The maximum Gasteiger partial charge on any atom is 0.260 e. The third kappa shape index (κ3) is 4.90. The number of amides is 2. The van der Waals surface area contributed by atoms with Crippen molar-refractivity contribution in [2.75, 3.05) is 32.8 Å². The van der Waals surface area contributed by atoms with Gasteiger partial charge >= 0.3 is 0 Å².